The number of carbonyl (C=O) groups is 2. The molecule has 2 aromatic carbocycles. The molecule has 2 saturated heterocycles. The summed E-state index contributed by atoms with van der Waals surface area (Å²) >= 11 is 6.31. The molecular formula is C41H52ClF3N4O5S. The fourth-order valence-electron chi connectivity index (χ4n) is 9.49. The Labute approximate surface area is 327 Å². The Kier molecular flexibility index (Phi) is 10.8. The van der Waals surface area contributed by atoms with Crippen molar-refractivity contribution in [1.82, 2.24) is 14.5 Å². The van der Waals surface area contributed by atoms with Crippen molar-refractivity contribution in [3.8, 4) is 5.75 Å². The molecule has 1 saturated carbocycles. The Bertz CT molecular complexity index is 1980. The highest BCUT2D eigenvalue weighted by Gasteiger charge is 2.71. The Morgan fingerprint density at radius 2 is 1.84 bits per heavy atom. The summed E-state index contributed by atoms with van der Waals surface area (Å²) in [6.45, 7) is 6.83. The molecule has 55 heavy (non-hydrogen) atoms. The lowest BCUT2D eigenvalue weighted by atomic mass is 9.70. The standard InChI is InChI=1S/C41H52ClF3N4O5S/c1-26(10-14-33(43)36(49-19-6-8-27(49)2)38(51)48-18-7-17-40(24-48)22-41(40,44)45)28(3)55(52,53)46-37(50)30-11-15-35-34(21-30)47(4)23-39(25-54-35)16-5-9-29-20-31(42)12-13-32(29)39/h11-15,20-21,26-28,36H,5-10,16-19,22-25H2,1-4H3,(H,46,50)/b33-14-/t26-,27+,28+,36+,39-,40?/m0/s1. The average Bonchev–Trinajstić information content (AvgIpc) is 3.45. The molecule has 5 aliphatic rings. The first-order valence-corrected chi connectivity index (χ1v) is 21.5. The molecule has 3 heterocycles. The average molecular weight is 805 g/mol. The van der Waals surface area contributed by atoms with Gasteiger partial charge in [0.2, 0.25) is 15.9 Å². The Morgan fingerprint density at radius 1 is 1.07 bits per heavy atom. The van der Waals surface area contributed by atoms with Crippen LogP contribution in [0, 0.1) is 11.3 Å². The predicted octanol–water partition coefficient (Wildman–Crippen LogP) is 7.27. The number of hydrogen-bond acceptors (Lipinski definition) is 7. The van der Waals surface area contributed by atoms with Crippen molar-refractivity contribution in [2.75, 3.05) is 44.7 Å². The number of allylic oxidation sites excluding steroid dienone is 1. The first-order chi connectivity index (χ1) is 26.0. The van der Waals surface area contributed by atoms with Gasteiger partial charge in [0.05, 0.1) is 23.0 Å². The van der Waals surface area contributed by atoms with Gasteiger partial charge in [-0.15, -0.1) is 0 Å². The second-order valence-corrected chi connectivity index (χ2v) is 19.4. The van der Waals surface area contributed by atoms with E-state index in [2.05, 4.69) is 10.8 Å². The molecule has 3 aliphatic heterocycles. The van der Waals surface area contributed by atoms with E-state index in [4.69, 9.17) is 16.3 Å². The number of nitrogens with one attached hydrogen (secondary N) is 1. The third-order valence-electron chi connectivity index (χ3n) is 13.2. The van der Waals surface area contributed by atoms with Crippen molar-refractivity contribution in [3.63, 3.8) is 0 Å². The molecule has 3 fully saturated rings. The van der Waals surface area contributed by atoms with Crippen molar-refractivity contribution in [2.45, 2.75) is 107 Å². The number of aryl methyl sites for hydroxylation is 1. The summed E-state index contributed by atoms with van der Waals surface area (Å²) in [7, 11) is -2.28. The number of nitrogens with zero attached hydrogens (tertiary/aromatic N) is 3. The number of likely N-dealkylation sites (tertiary alicyclic amines) is 2. The van der Waals surface area contributed by atoms with Crippen LogP contribution in [0.2, 0.25) is 5.02 Å². The number of ether oxygens (including phenoxy) is 1. The van der Waals surface area contributed by atoms with E-state index < -0.39 is 56.2 Å². The quantitative estimate of drug-likeness (QED) is 0.285. The van der Waals surface area contributed by atoms with Crippen LogP contribution in [0.25, 0.3) is 0 Å². The van der Waals surface area contributed by atoms with Crippen molar-refractivity contribution in [1.29, 1.82) is 0 Å². The number of benzene rings is 2. The highest BCUT2D eigenvalue weighted by Crippen LogP contribution is 2.64. The van der Waals surface area contributed by atoms with Gasteiger partial charge in [-0.1, -0.05) is 30.7 Å². The summed E-state index contributed by atoms with van der Waals surface area (Å²) < 4.78 is 80.4. The second-order valence-electron chi connectivity index (χ2n) is 16.9. The van der Waals surface area contributed by atoms with E-state index >= 15 is 4.39 Å². The molecule has 7 rings (SSSR count). The summed E-state index contributed by atoms with van der Waals surface area (Å²) in [5.41, 5.74) is 1.75. The molecular weight excluding hydrogens is 753 g/mol. The Morgan fingerprint density at radius 3 is 2.55 bits per heavy atom. The summed E-state index contributed by atoms with van der Waals surface area (Å²) in [4.78, 5) is 32.6. The zero-order chi connectivity index (χ0) is 39.5. The van der Waals surface area contributed by atoms with Crippen molar-refractivity contribution in [2.24, 2.45) is 11.3 Å². The molecule has 0 bridgehead atoms. The number of hydrogen-bond donors (Lipinski definition) is 1. The summed E-state index contributed by atoms with van der Waals surface area (Å²) in [6, 6.07) is 9.55. The Balaban J connectivity index is 1.02. The third-order valence-corrected chi connectivity index (χ3v) is 15.3. The maximum Gasteiger partial charge on any atom is 0.264 e. The minimum absolute atomic E-state index is 0.0197. The molecule has 0 aromatic heterocycles. The van der Waals surface area contributed by atoms with Gasteiger partial charge in [-0.3, -0.25) is 14.5 Å². The SMILES string of the molecule is C[C@@H]1CCCN1[C@@H](C(=O)N1CCCC2(C1)CC2(F)F)/C(F)=C/C[C@H](C)[C@@H](C)S(=O)(=O)NC(=O)c1ccc2c(c1)N(C)C[C@@]1(CCCc3cc(Cl)ccc31)CO2. The number of amides is 2. The number of sulfonamides is 1. The zero-order valence-corrected chi connectivity index (χ0v) is 33.6. The number of halogens is 4. The molecule has 2 spiro atoms. The lowest BCUT2D eigenvalue weighted by Gasteiger charge is -2.39. The molecule has 2 amide bonds. The number of rotatable bonds is 9. The van der Waals surface area contributed by atoms with Crippen molar-refractivity contribution >= 4 is 39.1 Å². The van der Waals surface area contributed by atoms with Crippen LogP contribution in [0.4, 0.5) is 18.9 Å². The number of alkyl halides is 2. The van der Waals surface area contributed by atoms with Gasteiger partial charge in [-0.25, -0.2) is 26.3 Å². The third kappa shape index (κ3) is 7.61. The first-order valence-electron chi connectivity index (χ1n) is 19.6. The smallest absolute Gasteiger partial charge is 0.264 e. The fourth-order valence-corrected chi connectivity index (χ4v) is 11.0. The van der Waals surface area contributed by atoms with Gasteiger partial charge < -0.3 is 14.5 Å². The van der Waals surface area contributed by atoms with Crippen LogP contribution in [-0.2, 0) is 26.7 Å². The Hall–Kier alpha value is -3.29. The maximum absolute atomic E-state index is 16.2. The van der Waals surface area contributed by atoms with Crippen molar-refractivity contribution < 1.29 is 35.9 Å². The minimum atomic E-state index is -4.21. The van der Waals surface area contributed by atoms with E-state index in [9.17, 15) is 26.8 Å². The minimum Gasteiger partial charge on any atom is -0.490 e. The van der Waals surface area contributed by atoms with Gasteiger partial charge in [-0.05, 0) is 119 Å². The summed E-state index contributed by atoms with van der Waals surface area (Å²) in [6.07, 6.45) is 6.19. The van der Waals surface area contributed by atoms with E-state index in [-0.39, 0.29) is 36.4 Å². The fraction of sp³-hybridized carbons (Fsp3) is 0.610. The molecule has 1 N–H and O–H groups in total. The van der Waals surface area contributed by atoms with Crippen LogP contribution in [0.15, 0.2) is 48.3 Å². The molecule has 6 atom stereocenters. The number of carbonyl (C=O) groups excluding carboxylic acids is 2. The summed E-state index contributed by atoms with van der Waals surface area (Å²) in [5.74, 6) is -4.87. The molecule has 1 unspecified atom stereocenters. The van der Waals surface area contributed by atoms with Crippen LogP contribution in [0.1, 0.15) is 93.6 Å². The molecule has 0 radical (unpaired) electrons. The largest absolute Gasteiger partial charge is 0.490 e. The van der Waals surface area contributed by atoms with Gasteiger partial charge in [0.15, 0.2) is 0 Å². The zero-order valence-electron chi connectivity index (χ0n) is 32.1. The van der Waals surface area contributed by atoms with Crippen LogP contribution >= 0.6 is 11.6 Å². The van der Waals surface area contributed by atoms with Gasteiger partial charge >= 0.3 is 0 Å². The van der Waals surface area contributed by atoms with Gasteiger partial charge in [0.1, 0.15) is 17.6 Å². The van der Waals surface area contributed by atoms with Gasteiger partial charge in [0.25, 0.3) is 11.8 Å². The van der Waals surface area contributed by atoms with Crippen LogP contribution < -0.4 is 14.4 Å². The van der Waals surface area contributed by atoms with E-state index in [1.165, 1.54) is 29.0 Å². The highest BCUT2D eigenvalue weighted by molar-refractivity contribution is 7.90. The lowest BCUT2D eigenvalue weighted by molar-refractivity contribution is -0.139. The molecule has 2 aromatic rings. The number of piperidine rings is 1. The van der Waals surface area contributed by atoms with Crippen molar-refractivity contribution in [3.05, 3.63) is 70.0 Å². The first kappa shape index (κ1) is 39.9. The van der Waals surface area contributed by atoms with E-state index in [0.29, 0.717) is 55.5 Å². The predicted molar refractivity (Wildman–Crippen MR) is 207 cm³/mol. The van der Waals surface area contributed by atoms with Gasteiger partial charge in [0, 0.05) is 55.1 Å². The number of likely N-dealkylation sites (N-methyl/N-ethyl adjacent to an activating group) is 1. The lowest BCUT2D eigenvalue weighted by Crippen LogP contribution is -2.53. The molecule has 9 nitrogen and oxygen atoms in total. The van der Waals surface area contributed by atoms with Crippen LogP contribution in [0.3, 0.4) is 0 Å². The van der Waals surface area contributed by atoms with E-state index in [1.807, 2.05) is 31.0 Å². The molecule has 2 aliphatic carbocycles. The summed E-state index contributed by atoms with van der Waals surface area (Å²) in [5, 5.41) is -0.392. The second kappa shape index (κ2) is 14.9. The number of anilines is 1. The normalized spacial score (nSPS) is 28.1. The molecule has 300 valence electrons. The van der Waals surface area contributed by atoms with E-state index in [1.54, 1.807) is 30.0 Å². The molecule has 14 heteroatoms. The van der Waals surface area contributed by atoms with Crippen LogP contribution in [0.5, 0.6) is 5.75 Å². The van der Waals surface area contributed by atoms with E-state index in [0.717, 1.165) is 32.1 Å². The highest BCUT2D eigenvalue weighted by atomic mass is 35.5. The number of fused-ring (bicyclic) bond motifs is 3. The monoisotopic (exact) mass is 804 g/mol. The maximum atomic E-state index is 16.2. The topological polar surface area (TPSA) is 99.3 Å². The van der Waals surface area contributed by atoms with Gasteiger partial charge in [-0.2, -0.15) is 0 Å². The van der Waals surface area contributed by atoms with Crippen LogP contribution in [-0.4, -0.2) is 93.1 Å².